The first-order chi connectivity index (χ1) is 8.34. The molecule has 0 heterocycles. The highest BCUT2D eigenvalue weighted by Gasteiger charge is 2.16. The van der Waals surface area contributed by atoms with Gasteiger partial charge < -0.3 is 10.5 Å². The Morgan fingerprint density at radius 3 is 2.21 bits per heavy atom. The molecule has 3 nitrogen and oxygen atoms in total. The smallest absolute Gasteiger partial charge is 0.307 e. The summed E-state index contributed by atoms with van der Waals surface area (Å²) < 4.78 is 4.89. The molecular weight excluding hydrogens is 262 g/mol. The van der Waals surface area contributed by atoms with Crippen molar-refractivity contribution in [2.24, 2.45) is 5.73 Å². The first-order valence-electron chi connectivity index (χ1n) is 6.36. The number of nitrogens with two attached hydrogens (primary N) is 1. The summed E-state index contributed by atoms with van der Waals surface area (Å²) in [6.45, 7) is 8.69. The molecule has 0 saturated heterocycles. The molecule has 1 atom stereocenters. The van der Waals surface area contributed by atoms with Crippen LogP contribution in [0.3, 0.4) is 0 Å². The molecule has 4 heteroatoms. The topological polar surface area (TPSA) is 52.3 Å². The molecular formula is C15H24ClNO2. The fourth-order valence-electron chi connectivity index (χ4n) is 1.75. The minimum atomic E-state index is -0.293. The van der Waals surface area contributed by atoms with Gasteiger partial charge in [0.25, 0.3) is 0 Å². The predicted octanol–water partition coefficient (Wildman–Crippen LogP) is 3.36. The molecule has 0 unspecified atom stereocenters. The highest BCUT2D eigenvalue weighted by molar-refractivity contribution is 5.85. The quantitative estimate of drug-likeness (QED) is 0.863. The van der Waals surface area contributed by atoms with Crippen molar-refractivity contribution in [3.05, 3.63) is 35.4 Å². The fraction of sp³-hybridized carbons (Fsp3) is 0.533. The normalized spacial score (nSPS) is 12.5. The van der Waals surface area contributed by atoms with Crippen LogP contribution in [-0.2, 0) is 14.9 Å². The summed E-state index contributed by atoms with van der Waals surface area (Å²) in [5.41, 5.74) is 8.34. The van der Waals surface area contributed by atoms with Crippen molar-refractivity contribution in [2.45, 2.75) is 45.6 Å². The van der Waals surface area contributed by atoms with Crippen LogP contribution in [0.2, 0.25) is 0 Å². The van der Waals surface area contributed by atoms with Crippen molar-refractivity contribution in [3.8, 4) is 0 Å². The van der Waals surface area contributed by atoms with Gasteiger partial charge in [0.05, 0.1) is 13.0 Å². The van der Waals surface area contributed by atoms with Gasteiger partial charge in [-0.05, 0) is 23.5 Å². The van der Waals surface area contributed by atoms with Crippen molar-refractivity contribution < 1.29 is 9.53 Å². The predicted molar refractivity (Wildman–Crippen MR) is 80.6 cm³/mol. The number of hydrogen-bond acceptors (Lipinski definition) is 3. The van der Waals surface area contributed by atoms with Gasteiger partial charge in [0, 0.05) is 6.04 Å². The van der Waals surface area contributed by atoms with Crippen LogP contribution in [0, 0.1) is 0 Å². The number of ether oxygens (including phenoxy) is 1. The molecule has 0 amide bonds. The fourth-order valence-corrected chi connectivity index (χ4v) is 1.75. The monoisotopic (exact) mass is 285 g/mol. The second-order valence-corrected chi connectivity index (χ2v) is 5.49. The van der Waals surface area contributed by atoms with Crippen molar-refractivity contribution in [1.29, 1.82) is 0 Å². The molecule has 2 N–H and O–H groups in total. The van der Waals surface area contributed by atoms with Gasteiger partial charge in [-0.15, -0.1) is 12.4 Å². The molecule has 1 rings (SSSR count). The number of benzene rings is 1. The van der Waals surface area contributed by atoms with Gasteiger partial charge in [0.15, 0.2) is 0 Å². The Balaban J connectivity index is 0.00000324. The standard InChI is InChI=1S/C15H23NO2.ClH/c1-5-18-14(17)10-13(16)11-6-8-12(9-7-11)15(2,3)4;/h6-9,13H,5,10,16H2,1-4H3;1H/t13-;/m1./s1. The lowest BCUT2D eigenvalue weighted by molar-refractivity contribution is -0.143. The maximum absolute atomic E-state index is 11.4. The first-order valence-corrected chi connectivity index (χ1v) is 6.36. The first kappa shape index (κ1) is 17.9. The van der Waals surface area contributed by atoms with E-state index in [-0.39, 0.29) is 36.3 Å². The maximum Gasteiger partial charge on any atom is 0.307 e. The Kier molecular flexibility index (Phi) is 7.09. The second-order valence-electron chi connectivity index (χ2n) is 5.49. The summed E-state index contributed by atoms with van der Waals surface area (Å²) in [5.74, 6) is -0.245. The van der Waals surface area contributed by atoms with Gasteiger partial charge in [0.1, 0.15) is 0 Å². The van der Waals surface area contributed by atoms with Gasteiger partial charge in [0.2, 0.25) is 0 Å². The molecule has 0 bridgehead atoms. The van der Waals surface area contributed by atoms with E-state index in [0.717, 1.165) is 5.56 Å². The highest BCUT2D eigenvalue weighted by atomic mass is 35.5. The molecule has 0 aliphatic heterocycles. The minimum Gasteiger partial charge on any atom is -0.466 e. The summed E-state index contributed by atoms with van der Waals surface area (Å²) in [7, 11) is 0. The molecule has 0 saturated carbocycles. The van der Waals surface area contributed by atoms with E-state index in [1.165, 1.54) is 5.56 Å². The van der Waals surface area contributed by atoms with Crippen molar-refractivity contribution in [1.82, 2.24) is 0 Å². The van der Waals surface area contributed by atoms with E-state index in [1.807, 2.05) is 12.1 Å². The van der Waals surface area contributed by atoms with Crippen molar-refractivity contribution >= 4 is 18.4 Å². The van der Waals surface area contributed by atoms with Crippen LogP contribution < -0.4 is 5.73 Å². The maximum atomic E-state index is 11.4. The van der Waals surface area contributed by atoms with Gasteiger partial charge in [-0.2, -0.15) is 0 Å². The molecule has 0 aliphatic rings. The lowest BCUT2D eigenvalue weighted by Gasteiger charge is -2.20. The number of carbonyl (C=O) groups is 1. The van der Waals surface area contributed by atoms with Crippen LogP contribution in [0.5, 0.6) is 0 Å². The summed E-state index contributed by atoms with van der Waals surface area (Å²) in [6, 6.07) is 7.83. The summed E-state index contributed by atoms with van der Waals surface area (Å²) >= 11 is 0. The highest BCUT2D eigenvalue weighted by Crippen LogP contribution is 2.24. The van der Waals surface area contributed by atoms with Crippen molar-refractivity contribution in [3.63, 3.8) is 0 Å². The van der Waals surface area contributed by atoms with Crippen LogP contribution >= 0.6 is 12.4 Å². The SMILES string of the molecule is CCOC(=O)C[C@@H](N)c1ccc(C(C)(C)C)cc1.Cl. The third-order valence-corrected chi connectivity index (χ3v) is 2.90. The van der Waals surface area contributed by atoms with E-state index in [0.29, 0.717) is 6.61 Å². The third-order valence-electron chi connectivity index (χ3n) is 2.90. The third kappa shape index (κ3) is 5.62. The van der Waals surface area contributed by atoms with E-state index in [9.17, 15) is 4.79 Å². The number of rotatable bonds is 4. The molecule has 0 aromatic heterocycles. The Labute approximate surface area is 121 Å². The summed E-state index contributed by atoms with van der Waals surface area (Å²) in [5, 5.41) is 0. The zero-order valence-corrected chi connectivity index (χ0v) is 12.9. The number of carbonyl (C=O) groups excluding carboxylic acids is 1. The summed E-state index contributed by atoms with van der Waals surface area (Å²) in [6.07, 6.45) is 0.225. The van der Waals surface area contributed by atoms with E-state index in [2.05, 4.69) is 32.9 Å². The molecule has 1 aromatic rings. The van der Waals surface area contributed by atoms with Gasteiger partial charge in [-0.3, -0.25) is 4.79 Å². The lowest BCUT2D eigenvalue weighted by atomic mass is 9.86. The van der Waals surface area contributed by atoms with Gasteiger partial charge in [-0.1, -0.05) is 45.0 Å². The van der Waals surface area contributed by atoms with Gasteiger partial charge in [-0.25, -0.2) is 0 Å². The lowest BCUT2D eigenvalue weighted by Crippen LogP contribution is -2.18. The zero-order chi connectivity index (χ0) is 13.8. The number of halogens is 1. The van der Waals surface area contributed by atoms with Gasteiger partial charge >= 0.3 is 5.97 Å². The molecule has 0 aliphatic carbocycles. The Morgan fingerprint density at radius 1 is 1.26 bits per heavy atom. The summed E-state index contributed by atoms with van der Waals surface area (Å²) in [4.78, 5) is 11.4. The molecule has 0 fully saturated rings. The van der Waals surface area contributed by atoms with E-state index in [1.54, 1.807) is 6.92 Å². The average Bonchev–Trinajstić information content (AvgIpc) is 2.28. The van der Waals surface area contributed by atoms with Crippen LogP contribution in [0.1, 0.15) is 51.3 Å². The molecule has 108 valence electrons. The largest absolute Gasteiger partial charge is 0.466 e. The second kappa shape index (κ2) is 7.51. The van der Waals surface area contributed by atoms with E-state index >= 15 is 0 Å². The van der Waals surface area contributed by atoms with E-state index in [4.69, 9.17) is 10.5 Å². The minimum absolute atomic E-state index is 0. The molecule has 19 heavy (non-hydrogen) atoms. The van der Waals surface area contributed by atoms with Crippen LogP contribution in [0.4, 0.5) is 0 Å². The molecule has 0 radical (unpaired) electrons. The molecule has 0 spiro atoms. The van der Waals surface area contributed by atoms with Crippen molar-refractivity contribution in [2.75, 3.05) is 6.61 Å². The molecule has 1 aromatic carbocycles. The van der Waals surface area contributed by atoms with Crippen LogP contribution in [0.15, 0.2) is 24.3 Å². The Morgan fingerprint density at radius 2 is 1.79 bits per heavy atom. The number of esters is 1. The average molecular weight is 286 g/mol. The van der Waals surface area contributed by atoms with Crippen LogP contribution in [0.25, 0.3) is 0 Å². The Hall–Kier alpha value is -1.06. The Bertz CT molecular complexity index is 396. The zero-order valence-electron chi connectivity index (χ0n) is 12.1. The number of hydrogen-bond donors (Lipinski definition) is 1. The van der Waals surface area contributed by atoms with E-state index < -0.39 is 0 Å². The van der Waals surface area contributed by atoms with Crippen LogP contribution in [-0.4, -0.2) is 12.6 Å².